The molecule has 0 fully saturated rings. The number of hydrogen-bond donors (Lipinski definition) is 0. The molecule has 12 aromatic rings. The van der Waals surface area contributed by atoms with Gasteiger partial charge in [-0.1, -0.05) is 158 Å². The average molecular weight is 757 g/mol. The Bertz CT molecular complexity index is 3580. The molecule has 0 atom stereocenters. The summed E-state index contributed by atoms with van der Waals surface area (Å²) in [5.41, 5.74) is 15.4. The van der Waals surface area contributed by atoms with Crippen molar-refractivity contribution in [2.75, 3.05) is 0 Å². The van der Waals surface area contributed by atoms with E-state index in [1.807, 2.05) is 23.5 Å². The number of benzene rings is 9. The van der Waals surface area contributed by atoms with Crippen LogP contribution in [0.15, 0.2) is 203 Å². The van der Waals surface area contributed by atoms with Crippen molar-refractivity contribution < 1.29 is 8.83 Å². The van der Waals surface area contributed by atoms with Gasteiger partial charge < -0.3 is 8.83 Å². The highest BCUT2D eigenvalue weighted by Crippen LogP contribution is 2.59. The second-order valence-corrected chi connectivity index (χ2v) is 16.5. The van der Waals surface area contributed by atoms with Gasteiger partial charge in [0.1, 0.15) is 22.3 Å². The topological polar surface area (TPSA) is 26.3 Å². The molecule has 9 aromatic carbocycles. The van der Waals surface area contributed by atoms with Crippen LogP contribution in [0.4, 0.5) is 0 Å². The lowest BCUT2D eigenvalue weighted by Gasteiger charge is -2.38. The molecule has 0 radical (unpaired) electrons. The molecule has 1 aliphatic rings. The molecule has 2 nitrogen and oxygen atoms in total. The van der Waals surface area contributed by atoms with Crippen molar-refractivity contribution in [3.63, 3.8) is 0 Å². The SMILES string of the molecule is c1ccc(C2(c3ccccc3)c3ccccc3-c3ccc(-c4ccc5oc6ccccc6c5c4)c4sc5c(-c6ccc7oc8ccccc8c7c6)ccc2c5c34)cc1. The first kappa shape index (κ1) is 31.9. The predicted octanol–water partition coefficient (Wildman–Crippen LogP) is 15.6. The number of hydrogen-bond acceptors (Lipinski definition) is 3. The second kappa shape index (κ2) is 11.9. The van der Waals surface area contributed by atoms with Crippen LogP contribution in [-0.4, -0.2) is 0 Å². The summed E-state index contributed by atoms with van der Waals surface area (Å²) >= 11 is 1.92. The lowest BCUT2D eigenvalue weighted by Crippen LogP contribution is -2.31. The molecule has 0 aliphatic heterocycles. The van der Waals surface area contributed by atoms with Crippen molar-refractivity contribution in [2.24, 2.45) is 0 Å². The van der Waals surface area contributed by atoms with Crippen molar-refractivity contribution >= 4 is 75.4 Å². The zero-order valence-corrected chi connectivity index (χ0v) is 32.0. The van der Waals surface area contributed by atoms with E-state index in [1.165, 1.54) is 75.8 Å². The zero-order valence-electron chi connectivity index (χ0n) is 31.2. The van der Waals surface area contributed by atoms with Crippen LogP contribution in [0.3, 0.4) is 0 Å². The molecule has 0 amide bonds. The van der Waals surface area contributed by atoms with Crippen LogP contribution >= 0.6 is 11.3 Å². The molecule has 3 heterocycles. The van der Waals surface area contributed by atoms with E-state index in [1.54, 1.807) is 0 Å². The normalized spacial score (nSPS) is 13.3. The molecule has 0 saturated carbocycles. The molecule has 58 heavy (non-hydrogen) atoms. The molecular formula is C55H32O2S. The summed E-state index contributed by atoms with van der Waals surface area (Å²) in [7, 11) is 0. The Balaban J connectivity index is 1.20. The summed E-state index contributed by atoms with van der Waals surface area (Å²) in [6.45, 7) is 0. The molecule has 3 aromatic heterocycles. The van der Waals surface area contributed by atoms with Crippen molar-refractivity contribution in [2.45, 2.75) is 5.41 Å². The summed E-state index contributed by atoms with van der Waals surface area (Å²) in [4.78, 5) is 0. The fourth-order valence-electron chi connectivity index (χ4n) is 10.1. The van der Waals surface area contributed by atoms with E-state index in [0.717, 1.165) is 43.9 Å². The van der Waals surface area contributed by atoms with Gasteiger partial charge in [-0.2, -0.15) is 0 Å². The van der Waals surface area contributed by atoms with E-state index in [-0.39, 0.29) is 0 Å². The zero-order chi connectivity index (χ0) is 38.0. The fourth-order valence-corrected chi connectivity index (χ4v) is 11.5. The van der Waals surface area contributed by atoms with E-state index in [2.05, 4.69) is 182 Å². The number of furan rings is 2. The molecule has 0 N–H and O–H groups in total. The number of rotatable bonds is 4. The Morgan fingerprint density at radius 3 is 1.43 bits per heavy atom. The maximum Gasteiger partial charge on any atom is 0.135 e. The van der Waals surface area contributed by atoms with E-state index < -0.39 is 5.41 Å². The van der Waals surface area contributed by atoms with Gasteiger partial charge in [0.2, 0.25) is 0 Å². The maximum atomic E-state index is 6.31. The Labute approximate surface area is 337 Å². The van der Waals surface area contributed by atoms with Crippen molar-refractivity contribution in [3.8, 4) is 33.4 Å². The van der Waals surface area contributed by atoms with E-state index >= 15 is 0 Å². The maximum absolute atomic E-state index is 6.31. The lowest BCUT2D eigenvalue weighted by molar-refractivity contribution is 0.668. The number of fused-ring (bicyclic) bond motifs is 8. The minimum Gasteiger partial charge on any atom is -0.456 e. The van der Waals surface area contributed by atoms with Gasteiger partial charge in [-0.25, -0.2) is 0 Å². The molecule has 1 aliphatic carbocycles. The van der Waals surface area contributed by atoms with Gasteiger partial charge in [-0.15, -0.1) is 11.3 Å². The van der Waals surface area contributed by atoms with Gasteiger partial charge in [-0.3, -0.25) is 0 Å². The lowest BCUT2D eigenvalue weighted by atomic mass is 9.63. The van der Waals surface area contributed by atoms with Crippen molar-refractivity contribution in [3.05, 3.63) is 216 Å². The Morgan fingerprint density at radius 2 is 0.810 bits per heavy atom. The molecule has 0 spiro atoms. The van der Waals surface area contributed by atoms with E-state index in [0.29, 0.717) is 0 Å². The third-order valence-corrected chi connectivity index (χ3v) is 13.8. The minimum absolute atomic E-state index is 0.595. The first-order valence-corrected chi connectivity index (χ1v) is 20.6. The Morgan fingerprint density at radius 1 is 0.328 bits per heavy atom. The summed E-state index contributed by atoms with van der Waals surface area (Å²) in [6.07, 6.45) is 0. The first-order valence-electron chi connectivity index (χ1n) is 19.8. The fraction of sp³-hybridized carbons (Fsp3) is 0.0182. The molecule has 13 rings (SSSR count). The number of para-hydroxylation sites is 2. The van der Waals surface area contributed by atoms with Crippen LogP contribution in [0, 0.1) is 0 Å². The molecular weight excluding hydrogens is 725 g/mol. The van der Waals surface area contributed by atoms with Gasteiger partial charge >= 0.3 is 0 Å². The van der Waals surface area contributed by atoms with Gasteiger partial charge in [0.25, 0.3) is 0 Å². The predicted molar refractivity (Wildman–Crippen MR) is 242 cm³/mol. The summed E-state index contributed by atoms with van der Waals surface area (Å²) in [6, 6.07) is 71.0. The Kier molecular flexibility index (Phi) is 6.56. The van der Waals surface area contributed by atoms with Gasteiger partial charge in [-0.05, 0) is 92.0 Å². The monoisotopic (exact) mass is 756 g/mol. The summed E-state index contributed by atoms with van der Waals surface area (Å²) in [5, 5.41) is 7.16. The van der Waals surface area contributed by atoms with Crippen LogP contribution in [0.1, 0.15) is 22.3 Å². The molecule has 3 heteroatoms. The third kappa shape index (κ3) is 4.26. The average Bonchev–Trinajstić information content (AvgIpc) is 3.97. The quantitative estimate of drug-likeness (QED) is 0.179. The third-order valence-electron chi connectivity index (χ3n) is 12.6. The first-order chi connectivity index (χ1) is 28.8. The highest BCUT2D eigenvalue weighted by Gasteiger charge is 2.44. The largest absolute Gasteiger partial charge is 0.456 e. The van der Waals surface area contributed by atoms with E-state index in [9.17, 15) is 0 Å². The van der Waals surface area contributed by atoms with Crippen LogP contribution in [0.25, 0.3) is 97.4 Å². The minimum atomic E-state index is -0.595. The van der Waals surface area contributed by atoms with Gasteiger partial charge in [0.15, 0.2) is 0 Å². The van der Waals surface area contributed by atoms with E-state index in [4.69, 9.17) is 8.83 Å². The molecule has 0 saturated heterocycles. The number of thiophene rings is 1. The van der Waals surface area contributed by atoms with Crippen LogP contribution in [-0.2, 0) is 5.41 Å². The molecule has 0 bridgehead atoms. The van der Waals surface area contributed by atoms with Crippen molar-refractivity contribution in [1.29, 1.82) is 0 Å². The highest BCUT2D eigenvalue weighted by atomic mass is 32.1. The van der Waals surface area contributed by atoms with Crippen LogP contribution in [0.2, 0.25) is 0 Å². The van der Waals surface area contributed by atoms with Gasteiger partial charge in [0, 0.05) is 41.7 Å². The van der Waals surface area contributed by atoms with Crippen molar-refractivity contribution in [1.82, 2.24) is 0 Å². The standard InChI is InChI=1S/C55H32O2S/c1-3-13-35(14-4-1)55(36-15-5-2-6-16-36)45-20-10-7-17-39(45)42-26-25-37(33-23-29-49-43(31-33)40-18-8-11-21-47(40)56-49)53-51(42)52-46(55)28-27-38(54(52)58-53)34-24-30-50-44(32-34)41-19-9-12-22-48(41)57-50/h1-32H. The second-order valence-electron chi connectivity index (χ2n) is 15.5. The Hall–Kier alpha value is -7.20. The highest BCUT2D eigenvalue weighted by molar-refractivity contribution is 7.27. The summed E-state index contributed by atoms with van der Waals surface area (Å²) in [5.74, 6) is 0. The van der Waals surface area contributed by atoms with Crippen LogP contribution in [0.5, 0.6) is 0 Å². The van der Waals surface area contributed by atoms with Gasteiger partial charge in [0.05, 0.1) is 5.41 Å². The summed E-state index contributed by atoms with van der Waals surface area (Å²) < 4.78 is 15.2. The van der Waals surface area contributed by atoms with Crippen LogP contribution < -0.4 is 0 Å². The smallest absolute Gasteiger partial charge is 0.135 e. The molecule has 270 valence electrons. The molecule has 0 unspecified atom stereocenters.